The van der Waals surface area contributed by atoms with Crippen LogP contribution in [0.3, 0.4) is 0 Å². The van der Waals surface area contributed by atoms with Crippen LogP contribution in [-0.2, 0) is 6.54 Å². The molecule has 0 bridgehead atoms. The molecule has 2 aromatic heterocycles. The summed E-state index contributed by atoms with van der Waals surface area (Å²) in [6.07, 6.45) is 11.0. The normalized spacial score (nSPS) is 16.0. The van der Waals surface area contributed by atoms with Crippen molar-refractivity contribution in [3.05, 3.63) is 36.3 Å². The van der Waals surface area contributed by atoms with Gasteiger partial charge in [-0.3, -0.25) is 4.98 Å². The lowest BCUT2D eigenvalue weighted by atomic mass is 10.1. The Morgan fingerprint density at radius 1 is 1.09 bits per heavy atom. The number of aromatic nitrogens is 4. The zero-order valence-corrected chi connectivity index (χ0v) is 12.7. The van der Waals surface area contributed by atoms with Crippen LogP contribution in [0.2, 0.25) is 0 Å². The van der Waals surface area contributed by atoms with Crippen molar-refractivity contribution in [1.82, 2.24) is 20.2 Å². The molecule has 0 aliphatic heterocycles. The summed E-state index contributed by atoms with van der Waals surface area (Å²) < 4.78 is 0. The van der Waals surface area contributed by atoms with Gasteiger partial charge in [-0.1, -0.05) is 31.7 Å². The van der Waals surface area contributed by atoms with Crippen LogP contribution in [0.4, 0.5) is 11.8 Å². The number of rotatable bonds is 5. The second-order valence-electron chi connectivity index (χ2n) is 5.67. The Hall–Kier alpha value is -2.24. The smallest absolute Gasteiger partial charge is 0.244 e. The first-order valence-electron chi connectivity index (χ1n) is 8.00. The fourth-order valence-corrected chi connectivity index (χ4v) is 2.74. The SMILES string of the molecule is c1ccc(CNc2cnnc(NC3CCCCCC3)n2)nc1. The van der Waals surface area contributed by atoms with E-state index in [9.17, 15) is 0 Å². The van der Waals surface area contributed by atoms with Crippen molar-refractivity contribution in [3.8, 4) is 0 Å². The maximum Gasteiger partial charge on any atom is 0.244 e. The number of hydrogen-bond donors (Lipinski definition) is 2. The molecule has 1 aliphatic carbocycles. The van der Waals surface area contributed by atoms with Crippen molar-refractivity contribution >= 4 is 11.8 Å². The van der Waals surface area contributed by atoms with Crippen LogP contribution >= 0.6 is 0 Å². The number of hydrogen-bond acceptors (Lipinski definition) is 6. The van der Waals surface area contributed by atoms with Gasteiger partial charge in [0, 0.05) is 12.2 Å². The molecule has 0 unspecified atom stereocenters. The highest BCUT2D eigenvalue weighted by Crippen LogP contribution is 2.19. The van der Waals surface area contributed by atoms with Crippen LogP contribution in [0.1, 0.15) is 44.2 Å². The lowest BCUT2D eigenvalue weighted by molar-refractivity contribution is 0.613. The molecule has 0 spiro atoms. The summed E-state index contributed by atoms with van der Waals surface area (Å²) in [5.41, 5.74) is 0.972. The summed E-state index contributed by atoms with van der Waals surface area (Å²) in [6, 6.07) is 6.33. The Morgan fingerprint density at radius 3 is 2.73 bits per heavy atom. The summed E-state index contributed by atoms with van der Waals surface area (Å²) in [7, 11) is 0. The van der Waals surface area contributed by atoms with Gasteiger partial charge in [0.1, 0.15) is 0 Å². The van der Waals surface area contributed by atoms with E-state index < -0.39 is 0 Å². The maximum absolute atomic E-state index is 4.49. The molecule has 1 aliphatic rings. The first kappa shape index (κ1) is 14.7. The van der Waals surface area contributed by atoms with Crippen molar-refractivity contribution < 1.29 is 0 Å². The zero-order valence-electron chi connectivity index (χ0n) is 12.7. The molecule has 2 N–H and O–H groups in total. The Balaban J connectivity index is 1.57. The molecule has 6 heteroatoms. The zero-order chi connectivity index (χ0) is 15.0. The second kappa shape index (κ2) is 7.68. The van der Waals surface area contributed by atoms with Gasteiger partial charge < -0.3 is 10.6 Å². The monoisotopic (exact) mass is 298 g/mol. The minimum Gasteiger partial charge on any atom is -0.363 e. The highest BCUT2D eigenvalue weighted by Gasteiger charge is 2.13. The van der Waals surface area contributed by atoms with E-state index in [1.54, 1.807) is 12.4 Å². The third-order valence-electron chi connectivity index (χ3n) is 3.92. The summed E-state index contributed by atoms with van der Waals surface area (Å²) in [5, 5.41) is 14.8. The standard InChI is InChI=1S/C16H22N6/c1-2-4-8-13(7-3-1)20-16-21-15(12-19-22-16)18-11-14-9-5-6-10-17-14/h5-6,9-10,12-13H,1-4,7-8,11H2,(H2,18,20,21,22). The van der Waals surface area contributed by atoms with E-state index in [4.69, 9.17) is 0 Å². The Kier molecular flexibility index (Phi) is 5.13. The van der Waals surface area contributed by atoms with Crippen molar-refractivity contribution in [1.29, 1.82) is 0 Å². The van der Waals surface area contributed by atoms with E-state index in [1.807, 2.05) is 18.2 Å². The molecule has 0 saturated heterocycles. The number of nitrogens with zero attached hydrogens (tertiary/aromatic N) is 4. The van der Waals surface area contributed by atoms with E-state index in [0.29, 0.717) is 18.5 Å². The molecular weight excluding hydrogens is 276 g/mol. The van der Waals surface area contributed by atoms with Crippen LogP contribution in [-0.4, -0.2) is 26.2 Å². The Labute approximate surface area is 130 Å². The minimum absolute atomic E-state index is 0.468. The quantitative estimate of drug-likeness (QED) is 0.826. The van der Waals surface area contributed by atoms with E-state index in [1.165, 1.54) is 38.5 Å². The Morgan fingerprint density at radius 2 is 1.95 bits per heavy atom. The highest BCUT2D eigenvalue weighted by molar-refractivity contribution is 5.37. The summed E-state index contributed by atoms with van der Waals surface area (Å²) in [6.45, 7) is 0.627. The lowest BCUT2D eigenvalue weighted by Crippen LogP contribution is -2.20. The molecular formula is C16H22N6. The average Bonchev–Trinajstić information content (AvgIpc) is 2.83. The molecule has 1 saturated carbocycles. The van der Waals surface area contributed by atoms with Crippen molar-refractivity contribution in [2.24, 2.45) is 0 Å². The third kappa shape index (κ3) is 4.38. The molecule has 0 radical (unpaired) electrons. The summed E-state index contributed by atoms with van der Waals surface area (Å²) in [4.78, 5) is 8.77. The predicted octanol–water partition coefficient (Wildman–Crippen LogP) is 3.01. The van der Waals surface area contributed by atoms with Gasteiger partial charge in [0.05, 0.1) is 18.4 Å². The number of pyridine rings is 1. The van der Waals surface area contributed by atoms with Crippen molar-refractivity contribution in [2.75, 3.05) is 10.6 Å². The average molecular weight is 298 g/mol. The fraction of sp³-hybridized carbons (Fsp3) is 0.500. The molecule has 2 heterocycles. The fourth-order valence-electron chi connectivity index (χ4n) is 2.74. The van der Waals surface area contributed by atoms with Crippen LogP contribution in [0.25, 0.3) is 0 Å². The number of anilines is 2. The first-order valence-corrected chi connectivity index (χ1v) is 8.00. The van der Waals surface area contributed by atoms with Gasteiger partial charge in [-0.05, 0) is 25.0 Å². The van der Waals surface area contributed by atoms with Crippen molar-refractivity contribution in [2.45, 2.75) is 51.1 Å². The maximum atomic E-state index is 4.49. The van der Waals surface area contributed by atoms with Gasteiger partial charge in [-0.15, -0.1) is 5.10 Å². The molecule has 0 aromatic carbocycles. The lowest BCUT2D eigenvalue weighted by Gasteiger charge is -2.16. The third-order valence-corrected chi connectivity index (χ3v) is 3.92. The van der Waals surface area contributed by atoms with E-state index in [-0.39, 0.29) is 0 Å². The predicted molar refractivity (Wildman–Crippen MR) is 86.5 cm³/mol. The van der Waals surface area contributed by atoms with E-state index >= 15 is 0 Å². The highest BCUT2D eigenvalue weighted by atomic mass is 15.3. The molecule has 6 nitrogen and oxygen atoms in total. The van der Waals surface area contributed by atoms with E-state index in [2.05, 4.69) is 30.8 Å². The van der Waals surface area contributed by atoms with Gasteiger partial charge in [-0.25, -0.2) is 0 Å². The second-order valence-corrected chi connectivity index (χ2v) is 5.67. The Bertz CT molecular complexity index is 566. The van der Waals surface area contributed by atoms with Crippen molar-refractivity contribution in [3.63, 3.8) is 0 Å². The largest absolute Gasteiger partial charge is 0.363 e. The first-order chi connectivity index (χ1) is 10.9. The van der Waals surface area contributed by atoms with Crippen LogP contribution in [0.5, 0.6) is 0 Å². The molecule has 2 aromatic rings. The molecule has 0 atom stereocenters. The van der Waals surface area contributed by atoms with Crippen LogP contribution < -0.4 is 10.6 Å². The van der Waals surface area contributed by atoms with Gasteiger partial charge in [-0.2, -0.15) is 10.1 Å². The van der Waals surface area contributed by atoms with Crippen LogP contribution in [0, 0.1) is 0 Å². The molecule has 1 fully saturated rings. The minimum atomic E-state index is 0.468. The van der Waals surface area contributed by atoms with Gasteiger partial charge in [0.15, 0.2) is 5.82 Å². The molecule has 116 valence electrons. The molecule has 3 rings (SSSR count). The summed E-state index contributed by atoms with van der Waals surface area (Å²) >= 11 is 0. The van der Waals surface area contributed by atoms with Gasteiger partial charge in [0.25, 0.3) is 0 Å². The topological polar surface area (TPSA) is 75.6 Å². The molecule has 22 heavy (non-hydrogen) atoms. The summed E-state index contributed by atoms with van der Waals surface area (Å²) in [5.74, 6) is 1.33. The number of nitrogens with one attached hydrogen (secondary N) is 2. The van der Waals surface area contributed by atoms with E-state index in [0.717, 1.165) is 11.5 Å². The van der Waals surface area contributed by atoms with Gasteiger partial charge in [0.2, 0.25) is 5.95 Å². The molecule has 0 amide bonds. The van der Waals surface area contributed by atoms with Gasteiger partial charge >= 0.3 is 0 Å². The van der Waals surface area contributed by atoms with Crippen LogP contribution in [0.15, 0.2) is 30.6 Å².